The zero-order chi connectivity index (χ0) is 22.7. The van der Waals surface area contributed by atoms with Gasteiger partial charge >= 0.3 is 0 Å². The Morgan fingerprint density at radius 3 is 2.73 bits per heavy atom. The van der Waals surface area contributed by atoms with E-state index in [9.17, 15) is 14.7 Å². The standard InChI is InChI=1S/C25H16N2O5S/c1-31-15-9-10-17-19(12-15)33-25(26-17)27-21(13-5-4-6-14(28)11-13)20-22(29)16-7-2-3-8-18(16)32-23(20)24(27)30/h2-12,21,28H,1H3. The molecule has 0 fully saturated rings. The molecule has 5 aromatic rings. The second-order valence-electron chi connectivity index (χ2n) is 7.67. The predicted octanol–water partition coefficient (Wildman–Crippen LogP) is 4.87. The third kappa shape index (κ3) is 2.91. The molecule has 1 amide bonds. The zero-order valence-electron chi connectivity index (χ0n) is 17.3. The number of para-hydroxylation sites is 1. The number of rotatable bonds is 3. The lowest BCUT2D eigenvalue weighted by Gasteiger charge is -2.22. The van der Waals surface area contributed by atoms with E-state index in [2.05, 4.69) is 4.98 Å². The molecule has 7 nitrogen and oxygen atoms in total. The van der Waals surface area contributed by atoms with Crippen molar-refractivity contribution in [3.05, 3.63) is 93.8 Å². The summed E-state index contributed by atoms with van der Waals surface area (Å²) < 4.78 is 12.1. The van der Waals surface area contributed by atoms with Crippen molar-refractivity contribution in [1.29, 1.82) is 0 Å². The lowest BCUT2D eigenvalue weighted by atomic mass is 9.98. The molecular weight excluding hydrogens is 440 g/mol. The first-order valence-corrected chi connectivity index (χ1v) is 11.0. The predicted molar refractivity (Wildman–Crippen MR) is 125 cm³/mol. The summed E-state index contributed by atoms with van der Waals surface area (Å²) in [4.78, 5) is 33.3. The number of nitrogens with zero attached hydrogens (tertiary/aromatic N) is 2. The molecule has 0 spiro atoms. The second kappa shape index (κ2) is 7.18. The van der Waals surface area contributed by atoms with Crippen LogP contribution in [0.4, 0.5) is 5.13 Å². The maximum Gasteiger partial charge on any atom is 0.297 e. The number of anilines is 1. The largest absolute Gasteiger partial charge is 0.508 e. The highest BCUT2D eigenvalue weighted by atomic mass is 32.1. The van der Waals surface area contributed by atoms with Gasteiger partial charge in [-0.1, -0.05) is 35.6 Å². The van der Waals surface area contributed by atoms with Crippen molar-refractivity contribution in [2.45, 2.75) is 6.04 Å². The van der Waals surface area contributed by atoms with Gasteiger partial charge in [0.2, 0.25) is 5.76 Å². The summed E-state index contributed by atoms with van der Waals surface area (Å²) in [6, 6.07) is 18.1. The molecule has 8 heteroatoms. The molecule has 1 aliphatic rings. The van der Waals surface area contributed by atoms with E-state index in [1.54, 1.807) is 61.7 Å². The summed E-state index contributed by atoms with van der Waals surface area (Å²) >= 11 is 1.32. The fourth-order valence-corrected chi connectivity index (χ4v) is 5.27. The number of phenols is 1. The first kappa shape index (κ1) is 19.5. The van der Waals surface area contributed by atoms with E-state index in [4.69, 9.17) is 9.15 Å². The highest BCUT2D eigenvalue weighted by Gasteiger charge is 2.45. The molecule has 0 bridgehead atoms. The minimum Gasteiger partial charge on any atom is -0.508 e. The number of ether oxygens (including phenoxy) is 1. The molecule has 3 aromatic carbocycles. The van der Waals surface area contributed by atoms with Gasteiger partial charge in [-0.2, -0.15) is 0 Å². The lowest BCUT2D eigenvalue weighted by Crippen LogP contribution is -2.29. The van der Waals surface area contributed by atoms with Crippen molar-refractivity contribution in [2.75, 3.05) is 12.0 Å². The van der Waals surface area contributed by atoms with Gasteiger partial charge in [-0.25, -0.2) is 4.98 Å². The molecule has 0 saturated heterocycles. The molecule has 2 aromatic heterocycles. The van der Waals surface area contributed by atoms with Gasteiger partial charge in [0.25, 0.3) is 5.91 Å². The van der Waals surface area contributed by atoms with Crippen molar-refractivity contribution in [3.8, 4) is 11.5 Å². The third-order valence-electron chi connectivity index (χ3n) is 5.75. The molecule has 1 N–H and O–H groups in total. The van der Waals surface area contributed by atoms with E-state index in [1.807, 2.05) is 12.1 Å². The monoisotopic (exact) mass is 456 g/mol. The second-order valence-corrected chi connectivity index (χ2v) is 8.68. The van der Waals surface area contributed by atoms with Gasteiger partial charge in [0, 0.05) is 0 Å². The third-order valence-corrected chi connectivity index (χ3v) is 6.77. The Balaban J connectivity index is 1.63. The van der Waals surface area contributed by atoms with Crippen LogP contribution < -0.4 is 15.1 Å². The van der Waals surface area contributed by atoms with Crippen LogP contribution in [0.1, 0.15) is 27.7 Å². The smallest absolute Gasteiger partial charge is 0.297 e. The molecule has 1 aliphatic heterocycles. The van der Waals surface area contributed by atoms with Crippen molar-refractivity contribution >= 4 is 43.6 Å². The Hall–Kier alpha value is -4.17. The van der Waals surface area contributed by atoms with Gasteiger partial charge in [0.05, 0.1) is 34.3 Å². The maximum atomic E-state index is 13.6. The summed E-state index contributed by atoms with van der Waals surface area (Å²) in [6.07, 6.45) is 0. The van der Waals surface area contributed by atoms with Crippen molar-refractivity contribution < 1.29 is 19.1 Å². The van der Waals surface area contributed by atoms with Crippen LogP contribution in [0.5, 0.6) is 11.5 Å². The first-order chi connectivity index (χ1) is 16.0. The fourth-order valence-electron chi connectivity index (χ4n) is 4.25. The number of methoxy groups -OCH3 is 1. The van der Waals surface area contributed by atoms with Gasteiger partial charge in [0.15, 0.2) is 10.6 Å². The van der Waals surface area contributed by atoms with Crippen LogP contribution in [0, 0.1) is 0 Å². The van der Waals surface area contributed by atoms with Gasteiger partial charge < -0.3 is 14.3 Å². The van der Waals surface area contributed by atoms with Crippen LogP contribution in [-0.4, -0.2) is 23.1 Å². The number of carbonyl (C=O) groups is 1. The van der Waals surface area contributed by atoms with Crippen LogP contribution in [0.15, 0.2) is 75.9 Å². The average molecular weight is 456 g/mol. The number of hydrogen-bond acceptors (Lipinski definition) is 7. The molecule has 33 heavy (non-hydrogen) atoms. The molecule has 0 aliphatic carbocycles. The molecule has 1 atom stereocenters. The Bertz CT molecular complexity index is 1640. The summed E-state index contributed by atoms with van der Waals surface area (Å²) in [5, 5.41) is 10.9. The van der Waals surface area contributed by atoms with Crippen molar-refractivity contribution in [2.24, 2.45) is 0 Å². The summed E-state index contributed by atoms with van der Waals surface area (Å²) in [6.45, 7) is 0. The lowest BCUT2D eigenvalue weighted by molar-refractivity contribution is 0.0971. The van der Waals surface area contributed by atoms with E-state index in [-0.39, 0.29) is 22.5 Å². The number of phenolic OH excluding ortho intramolecular Hbond substituents is 1. The van der Waals surface area contributed by atoms with E-state index >= 15 is 0 Å². The topological polar surface area (TPSA) is 92.9 Å². The zero-order valence-corrected chi connectivity index (χ0v) is 18.1. The minimum atomic E-state index is -0.789. The van der Waals surface area contributed by atoms with E-state index in [1.165, 1.54) is 16.2 Å². The number of amides is 1. The van der Waals surface area contributed by atoms with E-state index in [0.717, 1.165) is 4.70 Å². The summed E-state index contributed by atoms with van der Waals surface area (Å²) in [5.74, 6) is 0.255. The van der Waals surface area contributed by atoms with Crippen molar-refractivity contribution in [1.82, 2.24) is 4.98 Å². The number of thiazole rings is 1. The summed E-state index contributed by atoms with van der Waals surface area (Å²) in [7, 11) is 1.59. The number of aromatic hydroxyl groups is 1. The molecule has 1 unspecified atom stereocenters. The molecule has 0 radical (unpaired) electrons. The Kier molecular flexibility index (Phi) is 4.24. The normalized spacial score (nSPS) is 15.4. The van der Waals surface area contributed by atoms with Crippen LogP contribution in [0.25, 0.3) is 21.2 Å². The highest BCUT2D eigenvalue weighted by molar-refractivity contribution is 7.22. The van der Waals surface area contributed by atoms with Crippen molar-refractivity contribution in [3.63, 3.8) is 0 Å². The Morgan fingerprint density at radius 2 is 1.91 bits per heavy atom. The number of hydrogen-bond donors (Lipinski definition) is 1. The number of aromatic nitrogens is 1. The molecule has 6 rings (SSSR count). The number of fused-ring (bicyclic) bond motifs is 3. The number of benzene rings is 3. The van der Waals surface area contributed by atoms with Gasteiger partial charge in [0.1, 0.15) is 17.1 Å². The van der Waals surface area contributed by atoms with Gasteiger partial charge in [-0.05, 0) is 48.0 Å². The molecule has 3 heterocycles. The van der Waals surface area contributed by atoms with Gasteiger partial charge in [-0.15, -0.1) is 0 Å². The van der Waals surface area contributed by atoms with Crippen LogP contribution in [0.3, 0.4) is 0 Å². The highest BCUT2D eigenvalue weighted by Crippen LogP contribution is 2.44. The maximum absolute atomic E-state index is 13.6. The first-order valence-electron chi connectivity index (χ1n) is 10.2. The van der Waals surface area contributed by atoms with Gasteiger partial charge in [-0.3, -0.25) is 14.5 Å². The average Bonchev–Trinajstić information content (AvgIpc) is 3.37. The van der Waals surface area contributed by atoms with E-state index < -0.39 is 11.9 Å². The molecule has 162 valence electrons. The van der Waals surface area contributed by atoms with Crippen LogP contribution in [0.2, 0.25) is 0 Å². The SMILES string of the molecule is COc1ccc2nc(N3C(=O)c4oc5ccccc5c(=O)c4C3c3cccc(O)c3)sc2c1. The minimum absolute atomic E-state index is 0.0103. The van der Waals surface area contributed by atoms with E-state index in [0.29, 0.717) is 32.9 Å². The fraction of sp³-hybridized carbons (Fsp3) is 0.0800. The summed E-state index contributed by atoms with van der Waals surface area (Å²) in [5.41, 5.74) is 1.60. The van der Waals surface area contributed by atoms with Crippen LogP contribution in [-0.2, 0) is 0 Å². The Morgan fingerprint density at radius 1 is 1.06 bits per heavy atom. The Labute approximate surface area is 191 Å². The number of carbonyl (C=O) groups excluding carboxylic acids is 1. The quantitative estimate of drug-likeness (QED) is 0.417. The molecule has 0 saturated carbocycles. The van der Waals surface area contributed by atoms with Crippen LogP contribution >= 0.6 is 11.3 Å². The molecular formula is C25H16N2O5S.